The second-order valence-corrected chi connectivity index (χ2v) is 3.48. The van der Waals surface area contributed by atoms with Gasteiger partial charge in [-0.25, -0.2) is 9.59 Å². The second kappa shape index (κ2) is 4.69. The van der Waals surface area contributed by atoms with Crippen LogP contribution in [0.3, 0.4) is 0 Å². The monoisotopic (exact) mass is 210 g/mol. The van der Waals surface area contributed by atoms with E-state index < -0.39 is 17.5 Å². The zero-order valence-corrected chi connectivity index (χ0v) is 8.59. The molecule has 0 atom stereocenters. The Morgan fingerprint density at radius 1 is 1.47 bits per heavy atom. The summed E-state index contributed by atoms with van der Waals surface area (Å²) < 4.78 is 0. The van der Waals surface area contributed by atoms with Crippen molar-refractivity contribution in [3.05, 3.63) is 0 Å². The van der Waals surface area contributed by atoms with Gasteiger partial charge in [-0.2, -0.15) is 0 Å². The van der Waals surface area contributed by atoms with Crippen LogP contribution in [0.25, 0.3) is 0 Å². The lowest BCUT2D eigenvalue weighted by Crippen LogP contribution is -2.61. The molecule has 1 rings (SSSR count). The molecule has 0 spiro atoms. The van der Waals surface area contributed by atoms with Crippen molar-refractivity contribution in [1.29, 1.82) is 0 Å². The Morgan fingerprint density at radius 2 is 2.13 bits per heavy atom. The third-order valence-corrected chi connectivity index (χ3v) is 2.48. The lowest BCUT2D eigenvalue weighted by molar-refractivity contribution is -0.148. The van der Waals surface area contributed by atoms with Gasteiger partial charge >= 0.3 is 12.0 Å². The maximum absolute atomic E-state index is 11.3. The molecule has 0 bridgehead atoms. The van der Waals surface area contributed by atoms with E-state index in [9.17, 15) is 9.59 Å². The molecular formula is C10H14N2O3. The molecule has 0 aliphatic heterocycles. The van der Waals surface area contributed by atoms with Gasteiger partial charge in [-0.15, -0.1) is 5.92 Å². The quantitative estimate of drug-likeness (QED) is 0.587. The molecule has 0 saturated heterocycles. The summed E-state index contributed by atoms with van der Waals surface area (Å²) in [6.07, 6.45) is 1.83. The first kappa shape index (κ1) is 11.4. The minimum atomic E-state index is -1.05. The SMILES string of the molecule is CC#CCNC(=O)NC1(C(=O)O)CCC1. The average molecular weight is 210 g/mol. The Balaban J connectivity index is 2.41. The predicted molar refractivity (Wildman–Crippen MR) is 54.2 cm³/mol. The summed E-state index contributed by atoms with van der Waals surface area (Å²) in [5, 5.41) is 13.9. The van der Waals surface area contributed by atoms with E-state index in [1.165, 1.54) is 0 Å². The number of carboxylic acid groups (broad SMARTS) is 1. The number of carbonyl (C=O) groups excluding carboxylic acids is 1. The van der Waals surface area contributed by atoms with Crippen LogP contribution in [-0.4, -0.2) is 29.2 Å². The Bertz CT molecular complexity index is 323. The average Bonchev–Trinajstić information content (AvgIpc) is 2.11. The lowest BCUT2D eigenvalue weighted by Gasteiger charge is -2.37. The maximum atomic E-state index is 11.3. The Hall–Kier alpha value is -1.70. The van der Waals surface area contributed by atoms with Crippen molar-refractivity contribution in [2.75, 3.05) is 6.54 Å². The molecular weight excluding hydrogens is 196 g/mol. The van der Waals surface area contributed by atoms with Crippen LogP contribution in [0, 0.1) is 11.8 Å². The molecule has 1 saturated carbocycles. The van der Waals surface area contributed by atoms with E-state index in [4.69, 9.17) is 5.11 Å². The fraction of sp³-hybridized carbons (Fsp3) is 0.600. The maximum Gasteiger partial charge on any atom is 0.329 e. The van der Waals surface area contributed by atoms with Crippen molar-refractivity contribution >= 4 is 12.0 Å². The van der Waals surface area contributed by atoms with E-state index in [2.05, 4.69) is 22.5 Å². The Kier molecular flexibility index (Phi) is 3.56. The lowest BCUT2D eigenvalue weighted by atomic mass is 9.77. The van der Waals surface area contributed by atoms with Crippen LogP contribution in [0.2, 0.25) is 0 Å². The van der Waals surface area contributed by atoms with Gasteiger partial charge in [-0.1, -0.05) is 5.92 Å². The fourth-order valence-electron chi connectivity index (χ4n) is 1.40. The first-order valence-electron chi connectivity index (χ1n) is 4.80. The molecule has 0 heterocycles. The van der Waals surface area contributed by atoms with Crippen molar-refractivity contribution in [1.82, 2.24) is 10.6 Å². The normalized spacial score (nSPS) is 16.6. The molecule has 15 heavy (non-hydrogen) atoms. The van der Waals surface area contributed by atoms with Crippen LogP contribution in [0.5, 0.6) is 0 Å². The highest BCUT2D eigenvalue weighted by Gasteiger charge is 2.45. The number of nitrogens with one attached hydrogen (secondary N) is 2. The van der Waals surface area contributed by atoms with Crippen molar-refractivity contribution < 1.29 is 14.7 Å². The van der Waals surface area contributed by atoms with Gasteiger partial charge in [0.15, 0.2) is 0 Å². The van der Waals surface area contributed by atoms with E-state index in [-0.39, 0.29) is 6.54 Å². The van der Waals surface area contributed by atoms with Crippen LogP contribution in [0.4, 0.5) is 4.79 Å². The summed E-state index contributed by atoms with van der Waals surface area (Å²) in [4.78, 5) is 22.2. The standard InChI is InChI=1S/C10H14N2O3/c1-2-3-7-11-9(15)12-10(8(13)14)5-4-6-10/h4-7H2,1H3,(H,13,14)(H2,11,12,15). The number of urea groups is 1. The van der Waals surface area contributed by atoms with Crippen LogP contribution in [-0.2, 0) is 4.79 Å². The number of hydrogen-bond acceptors (Lipinski definition) is 2. The molecule has 0 unspecified atom stereocenters. The molecule has 3 N–H and O–H groups in total. The first-order chi connectivity index (χ1) is 7.10. The van der Waals surface area contributed by atoms with Gasteiger partial charge in [-0.05, 0) is 26.2 Å². The van der Waals surface area contributed by atoms with Crippen molar-refractivity contribution in [2.24, 2.45) is 0 Å². The largest absolute Gasteiger partial charge is 0.480 e. The van der Waals surface area contributed by atoms with Gasteiger partial charge in [0.25, 0.3) is 0 Å². The molecule has 1 fully saturated rings. The molecule has 0 aromatic carbocycles. The minimum Gasteiger partial charge on any atom is -0.480 e. The molecule has 1 aliphatic rings. The van der Waals surface area contributed by atoms with Gasteiger partial charge in [0.05, 0.1) is 6.54 Å². The van der Waals surface area contributed by atoms with Crippen molar-refractivity contribution in [3.8, 4) is 11.8 Å². The zero-order chi connectivity index (χ0) is 11.3. The number of hydrogen-bond donors (Lipinski definition) is 3. The number of amides is 2. The predicted octanol–water partition coefficient (Wildman–Crippen LogP) is 0.316. The highest BCUT2D eigenvalue weighted by Crippen LogP contribution is 2.31. The molecule has 1 aliphatic carbocycles. The van der Waals surface area contributed by atoms with Crippen LogP contribution >= 0.6 is 0 Å². The van der Waals surface area contributed by atoms with E-state index >= 15 is 0 Å². The summed E-state index contributed by atoms with van der Waals surface area (Å²) in [5.74, 6) is 4.32. The van der Waals surface area contributed by atoms with Gasteiger partial charge < -0.3 is 15.7 Å². The molecule has 82 valence electrons. The smallest absolute Gasteiger partial charge is 0.329 e. The molecule has 2 amide bonds. The summed E-state index contributed by atoms with van der Waals surface area (Å²) in [6.45, 7) is 1.91. The van der Waals surface area contributed by atoms with Gasteiger partial charge in [0.2, 0.25) is 0 Å². The van der Waals surface area contributed by atoms with Gasteiger partial charge in [0, 0.05) is 0 Å². The third-order valence-electron chi connectivity index (χ3n) is 2.48. The summed E-state index contributed by atoms with van der Waals surface area (Å²) in [5.41, 5.74) is -1.05. The van der Waals surface area contributed by atoms with Gasteiger partial charge in [0.1, 0.15) is 5.54 Å². The van der Waals surface area contributed by atoms with E-state index in [1.54, 1.807) is 6.92 Å². The number of aliphatic carboxylic acids is 1. The van der Waals surface area contributed by atoms with Crippen LogP contribution in [0.15, 0.2) is 0 Å². The highest BCUT2D eigenvalue weighted by atomic mass is 16.4. The highest BCUT2D eigenvalue weighted by molar-refractivity contribution is 5.87. The zero-order valence-electron chi connectivity index (χ0n) is 8.59. The molecule has 0 aromatic rings. The van der Waals surface area contributed by atoms with Crippen molar-refractivity contribution in [2.45, 2.75) is 31.7 Å². The molecule has 0 aromatic heterocycles. The Labute approximate surface area is 88.2 Å². The fourth-order valence-corrected chi connectivity index (χ4v) is 1.40. The first-order valence-corrected chi connectivity index (χ1v) is 4.80. The Morgan fingerprint density at radius 3 is 2.53 bits per heavy atom. The minimum absolute atomic E-state index is 0.234. The van der Waals surface area contributed by atoms with Crippen LogP contribution < -0.4 is 10.6 Å². The van der Waals surface area contributed by atoms with Crippen LogP contribution in [0.1, 0.15) is 26.2 Å². The van der Waals surface area contributed by atoms with E-state index in [1.807, 2.05) is 0 Å². The summed E-state index contributed by atoms with van der Waals surface area (Å²) in [6, 6.07) is -0.472. The molecule has 0 radical (unpaired) electrons. The number of carbonyl (C=O) groups is 2. The number of carboxylic acids is 1. The number of rotatable bonds is 3. The van der Waals surface area contributed by atoms with Crippen molar-refractivity contribution in [3.63, 3.8) is 0 Å². The summed E-state index contributed by atoms with van der Waals surface area (Å²) in [7, 11) is 0. The topological polar surface area (TPSA) is 78.4 Å². The van der Waals surface area contributed by atoms with E-state index in [0.717, 1.165) is 6.42 Å². The summed E-state index contributed by atoms with van der Waals surface area (Å²) >= 11 is 0. The molecule has 5 nitrogen and oxygen atoms in total. The third kappa shape index (κ3) is 2.62. The second-order valence-electron chi connectivity index (χ2n) is 3.48. The molecule has 5 heteroatoms. The van der Waals surface area contributed by atoms with E-state index in [0.29, 0.717) is 12.8 Å². The van der Waals surface area contributed by atoms with Gasteiger partial charge in [-0.3, -0.25) is 0 Å².